The molecule has 0 amide bonds. The molecule has 1 fully saturated rings. The van der Waals surface area contributed by atoms with Gasteiger partial charge in [-0.25, -0.2) is 0 Å². The van der Waals surface area contributed by atoms with E-state index in [1.807, 2.05) is 0 Å². The quantitative estimate of drug-likeness (QED) is 0.867. The van der Waals surface area contributed by atoms with Crippen LogP contribution < -0.4 is 10.2 Å². The van der Waals surface area contributed by atoms with Crippen molar-refractivity contribution >= 4 is 11.4 Å². The molecule has 2 rings (SSSR count). The van der Waals surface area contributed by atoms with Gasteiger partial charge in [0.2, 0.25) is 0 Å². The molecule has 0 radical (unpaired) electrons. The van der Waals surface area contributed by atoms with Crippen LogP contribution in [0.25, 0.3) is 0 Å². The summed E-state index contributed by atoms with van der Waals surface area (Å²) in [5.74, 6) is 1.61. The maximum absolute atomic E-state index is 3.73. The molecule has 2 nitrogen and oxygen atoms in total. The van der Waals surface area contributed by atoms with Gasteiger partial charge in [-0.15, -0.1) is 0 Å². The summed E-state index contributed by atoms with van der Waals surface area (Å²) in [6, 6.07) is 9.34. The summed E-state index contributed by atoms with van der Waals surface area (Å²) in [6.07, 6.45) is 4.05. The molecule has 1 N–H and O–H groups in total. The maximum atomic E-state index is 3.73. The van der Waals surface area contributed by atoms with Crippen LogP contribution in [0.3, 0.4) is 0 Å². The van der Waals surface area contributed by atoms with Crippen LogP contribution in [0, 0.1) is 11.8 Å². The first-order valence-corrected chi connectivity index (χ1v) is 7.12. The van der Waals surface area contributed by atoms with Gasteiger partial charge in [-0.3, -0.25) is 0 Å². The molecular weight excluding hydrogens is 220 g/mol. The van der Waals surface area contributed by atoms with Crippen LogP contribution >= 0.6 is 0 Å². The number of benzene rings is 1. The lowest BCUT2D eigenvalue weighted by atomic mass is 9.78. The minimum Gasteiger partial charge on any atom is -0.382 e. The van der Waals surface area contributed by atoms with Crippen molar-refractivity contribution in [2.45, 2.75) is 39.2 Å². The van der Waals surface area contributed by atoms with Crippen LogP contribution in [-0.4, -0.2) is 20.1 Å². The van der Waals surface area contributed by atoms with Gasteiger partial charge in [-0.2, -0.15) is 0 Å². The number of anilines is 2. The van der Waals surface area contributed by atoms with Crippen molar-refractivity contribution in [3.8, 4) is 0 Å². The average molecular weight is 246 g/mol. The van der Waals surface area contributed by atoms with Crippen LogP contribution in [0.15, 0.2) is 24.3 Å². The number of hydrogen-bond acceptors (Lipinski definition) is 2. The monoisotopic (exact) mass is 246 g/mol. The van der Waals surface area contributed by atoms with Crippen LogP contribution in [0.2, 0.25) is 0 Å². The van der Waals surface area contributed by atoms with Crippen molar-refractivity contribution in [3.05, 3.63) is 24.3 Å². The Bertz CT molecular complexity index is 386. The van der Waals surface area contributed by atoms with E-state index >= 15 is 0 Å². The van der Waals surface area contributed by atoms with Gasteiger partial charge in [-0.05, 0) is 36.5 Å². The SMILES string of the molecule is CC1CCCC(Nc2cccc(N(C)C)c2)C1C. The third-order valence-corrected chi connectivity index (χ3v) is 4.42. The first-order chi connectivity index (χ1) is 8.58. The molecule has 1 aromatic carbocycles. The lowest BCUT2D eigenvalue weighted by molar-refractivity contribution is 0.253. The highest BCUT2D eigenvalue weighted by Crippen LogP contribution is 2.32. The molecule has 0 saturated heterocycles. The summed E-state index contributed by atoms with van der Waals surface area (Å²) >= 11 is 0. The smallest absolute Gasteiger partial charge is 0.0381 e. The molecular formula is C16H26N2. The molecule has 100 valence electrons. The lowest BCUT2D eigenvalue weighted by Gasteiger charge is -2.35. The summed E-state index contributed by atoms with van der Waals surface area (Å²) in [5.41, 5.74) is 2.52. The predicted octanol–water partition coefficient (Wildman–Crippen LogP) is 3.99. The second-order valence-corrected chi connectivity index (χ2v) is 5.96. The highest BCUT2D eigenvalue weighted by Gasteiger charge is 2.26. The van der Waals surface area contributed by atoms with Gasteiger partial charge < -0.3 is 10.2 Å². The minimum absolute atomic E-state index is 0.631. The van der Waals surface area contributed by atoms with Gasteiger partial charge >= 0.3 is 0 Å². The highest BCUT2D eigenvalue weighted by atomic mass is 15.1. The maximum Gasteiger partial charge on any atom is 0.0381 e. The summed E-state index contributed by atoms with van der Waals surface area (Å²) in [7, 11) is 4.18. The van der Waals surface area contributed by atoms with Crippen LogP contribution in [0.5, 0.6) is 0 Å². The standard InChI is InChI=1S/C16H26N2/c1-12-7-5-10-16(13(12)2)17-14-8-6-9-15(11-14)18(3)4/h6,8-9,11-13,16-17H,5,7,10H2,1-4H3. The first kappa shape index (κ1) is 13.3. The molecule has 2 heteroatoms. The Hall–Kier alpha value is -1.18. The fraction of sp³-hybridized carbons (Fsp3) is 0.625. The molecule has 3 unspecified atom stereocenters. The van der Waals surface area contributed by atoms with Gasteiger partial charge in [0.1, 0.15) is 0 Å². The van der Waals surface area contributed by atoms with Crippen molar-refractivity contribution in [1.29, 1.82) is 0 Å². The Morgan fingerprint density at radius 1 is 1.17 bits per heavy atom. The second kappa shape index (κ2) is 5.64. The largest absolute Gasteiger partial charge is 0.382 e. The number of rotatable bonds is 3. The van der Waals surface area contributed by atoms with E-state index in [9.17, 15) is 0 Å². The molecule has 1 aliphatic rings. The number of nitrogens with zero attached hydrogens (tertiary/aromatic N) is 1. The Kier molecular flexibility index (Phi) is 4.15. The minimum atomic E-state index is 0.631. The molecule has 0 spiro atoms. The molecule has 0 aromatic heterocycles. The van der Waals surface area contributed by atoms with E-state index in [1.165, 1.54) is 30.6 Å². The van der Waals surface area contributed by atoms with Crippen molar-refractivity contribution in [1.82, 2.24) is 0 Å². The van der Waals surface area contributed by atoms with Crippen molar-refractivity contribution in [2.75, 3.05) is 24.3 Å². The topological polar surface area (TPSA) is 15.3 Å². The zero-order valence-corrected chi connectivity index (χ0v) is 12.1. The first-order valence-electron chi connectivity index (χ1n) is 7.12. The molecule has 0 bridgehead atoms. The number of nitrogens with one attached hydrogen (secondary N) is 1. The molecule has 1 saturated carbocycles. The Balaban J connectivity index is 2.06. The molecule has 0 heterocycles. The predicted molar refractivity (Wildman–Crippen MR) is 80.4 cm³/mol. The van der Waals surface area contributed by atoms with E-state index < -0.39 is 0 Å². The Labute approximate surface area is 111 Å². The summed E-state index contributed by atoms with van der Waals surface area (Å²) < 4.78 is 0. The summed E-state index contributed by atoms with van der Waals surface area (Å²) in [5, 5.41) is 3.73. The molecule has 1 aliphatic carbocycles. The van der Waals surface area contributed by atoms with Gasteiger partial charge in [0.15, 0.2) is 0 Å². The van der Waals surface area contributed by atoms with Crippen molar-refractivity contribution in [2.24, 2.45) is 11.8 Å². The normalized spacial score (nSPS) is 27.9. The van der Waals surface area contributed by atoms with Crippen molar-refractivity contribution < 1.29 is 0 Å². The molecule has 1 aromatic rings. The van der Waals surface area contributed by atoms with E-state index in [-0.39, 0.29) is 0 Å². The Morgan fingerprint density at radius 3 is 2.67 bits per heavy atom. The molecule has 3 atom stereocenters. The van der Waals surface area contributed by atoms with Crippen molar-refractivity contribution in [3.63, 3.8) is 0 Å². The molecule has 18 heavy (non-hydrogen) atoms. The lowest BCUT2D eigenvalue weighted by Crippen LogP contribution is -2.35. The van der Waals surface area contributed by atoms with Crippen LogP contribution in [-0.2, 0) is 0 Å². The van der Waals surface area contributed by atoms with E-state index in [4.69, 9.17) is 0 Å². The zero-order valence-electron chi connectivity index (χ0n) is 12.1. The Morgan fingerprint density at radius 2 is 1.94 bits per heavy atom. The summed E-state index contributed by atoms with van der Waals surface area (Å²) in [4.78, 5) is 2.15. The zero-order chi connectivity index (χ0) is 13.1. The highest BCUT2D eigenvalue weighted by molar-refractivity contribution is 5.57. The van der Waals surface area contributed by atoms with Gasteiger partial charge in [0.05, 0.1) is 0 Å². The van der Waals surface area contributed by atoms with Gasteiger partial charge in [0, 0.05) is 31.5 Å². The van der Waals surface area contributed by atoms with E-state index in [1.54, 1.807) is 0 Å². The average Bonchev–Trinajstić information content (AvgIpc) is 2.35. The third kappa shape index (κ3) is 2.98. The molecule has 0 aliphatic heterocycles. The van der Waals surface area contributed by atoms with Crippen LogP contribution in [0.1, 0.15) is 33.1 Å². The van der Waals surface area contributed by atoms with Gasteiger partial charge in [0.25, 0.3) is 0 Å². The number of hydrogen-bond donors (Lipinski definition) is 1. The summed E-state index contributed by atoms with van der Waals surface area (Å²) in [6.45, 7) is 4.77. The van der Waals surface area contributed by atoms with Crippen LogP contribution in [0.4, 0.5) is 11.4 Å². The van der Waals surface area contributed by atoms with E-state index in [2.05, 4.69) is 62.4 Å². The van der Waals surface area contributed by atoms with E-state index in [0.717, 1.165) is 11.8 Å². The second-order valence-electron chi connectivity index (χ2n) is 5.96. The fourth-order valence-electron chi connectivity index (χ4n) is 2.87. The van der Waals surface area contributed by atoms with Gasteiger partial charge in [-0.1, -0.05) is 32.8 Å². The van der Waals surface area contributed by atoms with E-state index in [0.29, 0.717) is 6.04 Å². The third-order valence-electron chi connectivity index (χ3n) is 4.42. The fourth-order valence-corrected chi connectivity index (χ4v) is 2.87.